The second-order valence-electron chi connectivity index (χ2n) is 6.71. The Bertz CT molecular complexity index is 776. The Morgan fingerprint density at radius 3 is 2.96 bits per heavy atom. The fourth-order valence-corrected chi connectivity index (χ4v) is 3.52. The SMILES string of the molecule is Cc1nn(CC(=O)NC2CCCC(C)C2C)c(=O)c2cccn12. The van der Waals surface area contributed by atoms with Gasteiger partial charge in [-0.1, -0.05) is 26.7 Å². The molecule has 124 valence electrons. The van der Waals surface area contributed by atoms with Gasteiger partial charge in [0.25, 0.3) is 5.56 Å². The van der Waals surface area contributed by atoms with Gasteiger partial charge in [0.05, 0.1) is 0 Å². The summed E-state index contributed by atoms with van der Waals surface area (Å²) in [5, 5.41) is 7.34. The maximum atomic E-state index is 12.4. The second-order valence-corrected chi connectivity index (χ2v) is 6.71. The van der Waals surface area contributed by atoms with Crippen LogP contribution in [0.5, 0.6) is 0 Å². The van der Waals surface area contributed by atoms with Crippen molar-refractivity contribution >= 4 is 11.4 Å². The Labute approximate surface area is 135 Å². The lowest BCUT2D eigenvalue weighted by Gasteiger charge is -2.34. The number of aryl methyl sites for hydroxylation is 1. The number of aromatic nitrogens is 3. The van der Waals surface area contributed by atoms with Crippen LogP contribution in [0, 0.1) is 18.8 Å². The highest BCUT2D eigenvalue weighted by molar-refractivity contribution is 5.76. The summed E-state index contributed by atoms with van der Waals surface area (Å²) in [6.07, 6.45) is 5.17. The van der Waals surface area contributed by atoms with Gasteiger partial charge in [-0.3, -0.25) is 14.0 Å². The Morgan fingerprint density at radius 1 is 1.39 bits per heavy atom. The molecule has 2 heterocycles. The molecule has 2 aromatic heterocycles. The molecule has 0 saturated heterocycles. The van der Waals surface area contributed by atoms with Crippen molar-refractivity contribution in [1.29, 1.82) is 0 Å². The van der Waals surface area contributed by atoms with Crippen LogP contribution in [0.25, 0.3) is 5.52 Å². The van der Waals surface area contributed by atoms with Gasteiger partial charge >= 0.3 is 0 Å². The van der Waals surface area contributed by atoms with Crippen LogP contribution in [0.15, 0.2) is 23.1 Å². The van der Waals surface area contributed by atoms with Gasteiger partial charge < -0.3 is 5.32 Å². The molecule has 0 radical (unpaired) electrons. The summed E-state index contributed by atoms with van der Waals surface area (Å²) in [7, 11) is 0. The zero-order valence-corrected chi connectivity index (χ0v) is 14.0. The van der Waals surface area contributed by atoms with Crippen molar-refractivity contribution in [3.8, 4) is 0 Å². The molecule has 2 aromatic rings. The Hall–Kier alpha value is -2.11. The fraction of sp³-hybridized carbons (Fsp3) is 0.588. The number of carbonyl (C=O) groups excluding carboxylic acids is 1. The number of amides is 1. The van der Waals surface area contributed by atoms with Gasteiger partial charge in [0.2, 0.25) is 5.91 Å². The standard InChI is InChI=1S/C17H24N4O2/c1-11-6-4-7-14(12(11)2)18-16(22)10-21-17(23)15-8-5-9-20(15)13(3)19-21/h5,8-9,11-12,14H,4,6-7,10H2,1-3H3,(H,18,22). The molecule has 1 aliphatic carbocycles. The predicted molar refractivity (Wildman–Crippen MR) is 88.3 cm³/mol. The summed E-state index contributed by atoms with van der Waals surface area (Å²) >= 11 is 0. The van der Waals surface area contributed by atoms with E-state index in [-0.39, 0.29) is 24.1 Å². The third-order valence-corrected chi connectivity index (χ3v) is 5.16. The summed E-state index contributed by atoms with van der Waals surface area (Å²) in [5.41, 5.74) is 0.311. The molecular formula is C17H24N4O2. The highest BCUT2D eigenvalue weighted by Crippen LogP contribution is 2.29. The van der Waals surface area contributed by atoms with Crippen molar-refractivity contribution in [2.75, 3.05) is 0 Å². The van der Waals surface area contributed by atoms with Gasteiger partial charge in [-0.15, -0.1) is 0 Å². The van der Waals surface area contributed by atoms with Crippen LogP contribution in [0.4, 0.5) is 0 Å². The molecule has 6 heteroatoms. The molecule has 1 saturated carbocycles. The monoisotopic (exact) mass is 316 g/mol. The molecule has 0 bridgehead atoms. The molecule has 3 unspecified atom stereocenters. The molecule has 1 amide bonds. The highest BCUT2D eigenvalue weighted by Gasteiger charge is 2.28. The average Bonchev–Trinajstić information content (AvgIpc) is 2.99. The van der Waals surface area contributed by atoms with Crippen molar-refractivity contribution in [1.82, 2.24) is 19.5 Å². The lowest BCUT2D eigenvalue weighted by molar-refractivity contribution is -0.123. The Morgan fingerprint density at radius 2 is 2.17 bits per heavy atom. The first-order chi connectivity index (χ1) is 11.0. The van der Waals surface area contributed by atoms with Crippen LogP contribution < -0.4 is 10.9 Å². The zero-order valence-electron chi connectivity index (χ0n) is 14.0. The van der Waals surface area contributed by atoms with E-state index in [1.54, 1.807) is 22.7 Å². The largest absolute Gasteiger partial charge is 0.351 e. The molecule has 23 heavy (non-hydrogen) atoms. The van der Waals surface area contributed by atoms with Crippen LogP contribution in [0.3, 0.4) is 0 Å². The van der Waals surface area contributed by atoms with Crippen LogP contribution in [-0.4, -0.2) is 26.1 Å². The molecular weight excluding hydrogens is 292 g/mol. The van der Waals surface area contributed by atoms with Crippen molar-refractivity contribution < 1.29 is 4.79 Å². The third kappa shape index (κ3) is 3.02. The number of fused-ring (bicyclic) bond motifs is 1. The smallest absolute Gasteiger partial charge is 0.291 e. The molecule has 0 spiro atoms. The molecule has 0 aromatic carbocycles. The first-order valence-corrected chi connectivity index (χ1v) is 8.31. The summed E-state index contributed by atoms with van der Waals surface area (Å²) in [5.74, 6) is 1.64. The molecule has 3 atom stereocenters. The molecule has 1 fully saturated rings. The maximum absolute atomic E-state index is 12.4. The summed E-state index contributed by atoms with van der Waals surface area (Å²) in [4.78, 5) is 24.7. The summed E-state index contributed by atoms with van der Waals surface area (Å²) < 4.78 is 3.00. The van der Waals surface area contributed by atoms with Crippen molar-refractivity contribution in [2.45, 2.75) is 52.6 Å². The Kier molecular flexibility index (Phi) is 4.24. The van der Waals surface area contributed by atoms with E-state index in [9.17, 15) is 9.59 Å². The number of nitrogens with zero attached hydrogens (tertiary/aromatic N) is 3. The van der Waals surface area contributed by atoms with Gasteiger partial charge in [-0.2, -0.15) is 5.10 Å². The van der Waals surface area contributed by atoms with Gasteiger partial charge in [0.1, 0.15) is 17.9 Å². The van der Waals surface area contributed by atoms with E-state index >= 15 is 0 Å². The minimum Gasteiger partial charge on any atom is -0.351 e. The van der Waals surface area contributed by atoms with E-state index in [0.29, 0.717) is 23.2 Å². The van der Waals surface area contributed by atoms with Gasteiger partial charge in [0, 0.05) is 12.2 Å². The topological polar surface area (TPSA) is 68.4 Å². The normalized spacial score (nSPS) is 24.7. The first kappa shape index (κ1) is 15.8. The number of carbonyl (C=O) groups is 1. The summed E-state index contributed by atoms with van der Waals surface area (Å²) in [6.45, 7) is 6.22. The van der Waals surface area contributed by atoms with Crippen molar-refractivity contribution in [3.05, 3.63) is 34.5 Å². The Balaban J connectivity index is 1.75. The minimum atomic E-state index is -0.235. The molecule has 0 aliphatic heterocycles. The lowest BCUT2D eigenvalue weighted by atomic mass is 9.78. The van der Waals surface area contributed by atoms with Crippen LogP contribution in [0.2, 0.25) is 0 Å². The molecule has 1 N–H and O–H groups in total. The van der Waals surface area contributed by atoms with E-state index < -0.39 is 0 Å². The van der Waals surface area contributed by atoms with Crippen LogP contribution in [0.1, 0.15) is 38.9 Å². The van der Waals surface area contributed by atoms with E-state index in [4.69, 9.17) is 0 Å². The predicted octanol–water partition coefficient (Wildman–Crippen LogP) is 1.75. The molecule has 6 nitrogen and oxygen atoms in total. The van der Waals surface area contributed by atoms with E-state index in [1.165, 1.54) is 11.1 Å². The van der Waals surface area contributed by atoms with Gasteiger partial charge in [-0.05, 0) is 37.3 Å². The van der Waals surface area contributed by atoms with E-state index in [1.807, 2.05) is 6.92 Å². The first-order valence-electron chi connectivity index (χ1n) is 8.31. The number of hydrogen-bond donors (Lipinski definition) is 1. The van der Waals surface area contributed by atoms with Crippen molar-refractivity contribution in [2.24, 2.45) is 11.8 Å². The number of hydrogen-bond acceptors (Lipinski definition) is 3. The van der Waals surface area contributed by atoms with Gasteiger partial charge in [-0.25, -0.2) is 4.68 Å². The number of nitrogens with one attached hydrogen (secondary N) is 1. The number of rotatable bonds is 3. The fourth-order valence-electron chi connectivity index (χ4n) is 3.52. The van der Waals surface area contributed by atoms with Crippen LogP contribution in [-0.2, 0) is 11.3 Å². The minimum absolute atomic E-state index is 0.0288. The second kappa shape index (κ2) is 6.18. The van der Waals surface area contributed by atoms with Crippen molar-refractivity contribution in [3.63, 3.8) is 0 Å². The molecule has 3 rings (SSSR count). The third-order valence-electron chi connectivity index (χ3n) is 5.16. The zero-order chi connectivity index (χ0) is 16.6. The maximum Gasteiger partial charge on any atom is 0.291 e. The lowest BCUT2D eigenvalue weighted by Crippen LogP contribution is -2.46. The van der Waals surface area contributed by atoms with Gasteiger partial charge in [0.15, 0.2) is 0 Å². The van der Waals surface area contributed by atoms with E-state index in [0.717, 1.165) is 12.8 Å². The van der Waals surface area contributed by atoms with E-state index in [2.05, 4.69) is 24.3 Å². The quantitative estimate of drug-likeness (QED) is 0.938. The molecule has 1 aliphatic rings. The highest BCUT2D eigenvalue weighted by atomic mass is 16.2. The summed E-state index contributed by atoms with van der Waals surface area (Å²) in [6, 6.07) is 3.75. The average molecular weight is 316 g/mol. The van der Waals surface area contributed by atoms with Crippen LogP contribution >= 0.6 is 0 Å².